The maximum atomic E-state index is 13.0. The van der Waals surface area contributed by atoms with Gasteiger partial charge in [0.2, 0.25) is 0 Å². The van der Waals surface area contributed by atoms with Crippen LogP contribution in [0.2, 0.25) is 0 Å². The lowest BCUT2D eigenvalue weighted by atomic mass is 10.1. The molecule has 0 spiro atoms. The first-order valence-corrected chi connectivity index (χ1v) is 11.7. The van der Waals surface area contributed by atoms with Crippen LogP contribution in [0.5, 0.6) is 0 Å². The highest BCUT2D eigenvalue weighted by Crippen LogP contribution is 2.30. The molecule has 3 rings (SSSR count). The molecule has 0 saturated heterocycles. The van der Waals surface area contributed by atoms with Gasteiger partial charge in [-0.15, -0.1) is 0 Å². The molecule has 7 nitrogen and oxygen atoms in total. The summed E-state index contributed by atoms with van der Waals surface area (Å²) >= 11 is 0. The van der Waals surface area contributed by atoms with Crippen molar-refractivity contribution in [3.05, 3.63) is 83.2 Å². The summed E-state index contributed by atoms with van der Waals surface area (Å²) in [5.74, 6) is -1.11. The van der Waals surface area contributed by atoms with Crippen LogP contribution in [0.25, 0.3) is 0 Å². The van der Waals surface area contributed by atoms with E-state index >= 15 is 0 Å². The van der Waals surface area contributed by atoms with Crippen molar-refractivity contribution in [1.82, 2.24) is 9.88 Å². The number of hydrogen-bond donors (Lipinski definition) is 2. The molecule has 0 atom stereocenters. The summed E-state index contributed by atoms with van der Waals surface area (Å²) in [6.45, 7) is 3.53. The summed E-state index contributed by atoms with van der Waals surface area (Å²) in [7, 11) is 6.00. The van der Waals surface area contributed by atoms with Crippen LogP contribution in [0.1, 0.15) is 38.3 Å². The summed E-state index contributed by atoms with van der Waals surface area (Å²) in [5, 5.41) is 5.40. The molecule has 0 aliphatic rings. The van der Waals surface area contributed by atoms with Crippen molar-refractivity contribution >= 4 is 28.9 Å². The molecule has 0 saturated carbocycles. The molecule has 0 aliphatic heterocycles. The van der Waals surface area contributed by atoms with E-state index in [9.17, 15) is 22.8 Å². The Morgan fingerprint density at radius 3 is 2.32 bits per heavy atom. The molecule has 0 bridgehead atoms. The predicted octanol–water partition coefficient (Wildman–Crippen LogP) is 5.30. The zero-order valence-corrected chi connectivity index (χ0v) is 21.2. The number of aromatic nitrogens is 1. The van der Waals surface area contributed by atoms with Crippen molar-refractivity contribution < 1.29 is 22.8 Å². The number of halogens is 3. The number of nitrogens with zero attached hydrogens (tertiary/aromatic N) is 3. The molecule has 37 heavy (non-hydrogen) atoms. The molecule has 0 aliphatic carbocycles. The highest BCUT2D eigenvalue weighted by Gasteiger charge is 2.31. The highest BCUT2D eigenvalue weighted by molar-refractivity contribution is 6.08. The lowest BCUT2D eigenvalue weighted by Crippen LogP contribution is -2.23. The highest BCUT2D eigenvalue weighted by atomic mass is 19.4. The minimum absolute atomic E-state index is 0.140. The largest absolute Gasteiger partial charge is 0.416 e. The van der Waals surface area contributed by atoms with Gasteiger partial charge in [-0.3, -0.25) is 14.6 Å². The average molecular weight is 514 g/mol. The van der Waals surface area contributed by atoms with Gasteiger partial charge in [-0.05, 0) is 75.9 Å². The van der Waals surface area contributed by atoms with E-state index < -0.39 is 23.6 Å². The molecular weight excluding hydrogens is 483 g/mol. The standard InChI is InChI=1S/C27H30F3N5O2/c1-18-9-10-21(32-25(36)19-7-5-8-20(13-19)27(28,29)30)15-24(18)26(37)33-22-14-23(17-31-16-22)35(4)12-6-11-34(2)3/h5,7-10,13-17H,6,11-12H2,1-4H3,(H,32,36)(H,33,37). The fourth-order valence-electron chi connectivity index (χ4n) is 3.64. The smallest absolute Gasteiger partial charge is 0.373 e. The van der Waals surface area contributed by atoms with E-state index in [-0.39, 0.29) is 11.3 Å². The molecule has 10 heteroatoms. The average Bonchev–Trinajstić information content (AvgIpc) is 2.84. The van der Waals surface area contributed by atoms with E-state index in [1.165, 1.54) is 18.2 Å². The van der Waals surface area contributed by atoms with E-state index in [1.54, 1.807) is 31.5 Å². The number of carbonyl (C=O) groups is 2. The van der Waals surface area contributed by atoms with E-state index in [0.29, 0.717) is 16.8 Å². The third-order valence-corrected chi connectivity index (χ3v) is 5.71. The minimum atomic E-state index is -4.56. The van der Waals surface area contributed by atoms with E-state index in [4.69, 9.17) is 0 Å². The van der Waals surface area contributed by atoms with Crippen LogP contribution in [0.4, 0.5) is 30.2 Å². The number of rotatable bonds is 9. The van der Waals surface area contributed by atoms with Crippen LogP contribution in [-0.4, -0.2) is 55.9 Å². The summed E-state index contributed by atoms with van der Waals surface area (Å²) < 4.78 is 39.0. The summed E-state index contributed by atoms with van der Waals surface area (Å²) in [6.07, 6.45) is -0.318. The Morgan fingerprint density at radius 2 is 1.62 bits per heavy atom. The quantitative estimate of drug-likeness (QED) is 0.406. The second kappa shape index (κ2) is 11.9. The van der Waals surface area contributed by atoms with Crippen molar-refractivity contribution in [2.24, 2.45) is 0 Å². The molecule has 1 aromatic heterocycles. The lowest BCUT2D eigenvalue weighted by Gasteiger charge is -2.20. The molecule has 2 amide bonds. The molecule has 0 radical (unpaired) electrons. The third kappa shape index (κ3) is 7.78. The second-order valence-corrected chi connectivity index (χ2v) is 9.03. The predicted molar refractivity (Wildman–Crippen MR) is 139 cm³/mol. The number of carbonyl (C=O) groups excluding carboxylic acids is 2. The summed E-state index contributed by atoms with van der Waals surface area (Å²) in [4.78, 5) is 34.0. The first-order chi connectivity index (χ1) is 17.4. The Balaban J connectivity index is 1.71. The number of pyridine rings is 1. The third-order valence-electron chi connectivity index (χ3n) is 5.71. The van der Waals surface area contributed by atoms with Gasteiger partial charge in [0.05, 0.1) is 29.3 Å². The Bertz CT molecular complexity index is 1260. The maximum absolute atomic E-state index is 13.0. The van der Waals surface area contributed by atoms with Gasteiger partial charge >= 0.3 is 6.18 Å². The zero-order valence-electron chi connectivity index (χ0n) is 21.2. The van der Waals surface area contributed by atoms with Crippen molar-refractivity contribution in [2.45, 2.75) is 19.5 Å². The van der Waals surface area contributed by atoms with Crippen LogP contribution in [0.3, 0.4) is 0 Å². The minimum Gasteiger partial charge on any atom is -0.373 e. The van der Waals surface area contributed by atoms with Crippen LogP contribution in [-0.2, 0) is 6.18 Å². The number of benzene rings is 2. The summed E-state index contributed by atoms with van der Waals surface area (Å²) in [5.41, 5.74) is 1.58. The van der Waals surface area contributed by atoms with Gasteiger partial charge in [-0.2, -0.15) is 13.2 Å². The molecule has 2 aromatic carbocycles. The SMILES string of the molecule is Cc1ccc(NC(=O)c2cccc(C(F)(F)F)c2)cc1C(=O)Nc1cncc(N(C)CCCN(C)C)c1. The number of anilines is 3. The van der Waals surface area contributed by atoms with Gasteiger partial charge in [0.15, 0.2) is 0 Å². The Labute approximate surface area is 214 Å². The lowest BCUT2D eigenvalue weighted by molar-refractivity contribution is -0.137. The normalized spacial score (nSPS) is 11.4. The Kier molecular flexibility index (Phi) is 8.88. The molecular formula is C27H30F3N5O2. The van der Waals surface area contributed by atoms with E-state index in [1.807, 2.05) is 27.2 Å². The molecule has 1 heterocycles. The zero-order chi connectivity index (χ0) is 27.2. The van der Waals surface area contributed by atoms with Gasteiger partial charge in [0.25, 0.3) is 11.8 Å². The number of hydrogen-bond acceptors (Lipinski definition) is 5. The number of aryl methyl sites for hydroxylation is 1. The topological polar surface area (TPSA) is 77.6 Å². The monoisotopic (exact) mass is 513 g/mol. The Hall–Kier alpha value is -3.92. The van der Waals surface area contributed by atoms with Gasteiger partial charge in [-0.1, -0.05) is 12.1 Å². The van der Waals surface area contributed by atoms with Crippen LogP contribution in [0.15, 0.2) is 60.9 Å². The van der Waals surface area contributed by atoms with E-state index in [0.717, 1.165) is 37.3 Å². The maximum Gasteiger partial charge on any atom is 0.416 e. The van der Waals surface area contributed by atoms with Gasteiger partial charge in [0.1, 0.15) is 0 Å². The number of nitrogens with one attached hydrogen (secondary N) is 2. The Morgan fingerprint density at radius 1 is 0.892 bits per heavy atom. The van der Waals surface area contributed by atoms with Crippen molar-refractivity contribution in [3.8, 4) is 0 Å². The molecule has 0 unspecified atom stereocenters. The van der Waals surface area contributed by atoms with E-state index in [2.05, 4.69) is 25.4 Å². The van der Waals surface area contributed by atoms with Crippen molar-refractivity contribution in [3.63, 3.8) is 0 Å². The molecule has 2 N–H and O–H groups in total. The fourth-order valence-corrected chi connectivity index (χ4v) is 3.64. The van der Waals surface area contributed by atoms with Gasteiger partial charge in [-0.25, -0.2) is 0 Å². The fraction of sp³-hybridized carbons (Fsp3) is 0.296. The van der Waals surface area contributed by atoms with Crippen molar-refractivity contribution in [2.75, 3.05) is 49.8 Å². The second-order valence-electron chi connectivity index (χ2n) is 9.03. The number of alkyl halides is 3. The van der Waals surface area contributed by atoms with Crippen LogP contribution < -0.4 is 15.5 Å². The molecule has 0 fully saturated rings. The molecule has 3 aromatic rings. The first kappa shape index (κ1) is 27.7. The van der Waals surface area contributed by atoms with Gasteiger partial charge < -0.3 is 20.4 Å². The van der Waals surface area contributed by atoms with Gasteiger partial charge in [0, 0.05) is 30.4 Å². The van der Waals surface area contributed by atoms with Crippen LogP contribution >= 0.6 is 0 Å². The number of amides is 2. The van der Waals surface area contributed by atoms with Crippen molar-refractivity contribution in [1.29, 1.82) is 0 Å². The molecule has 196 valence electrons. The first-order valence-electron chi connectivity index (χ1n) is 11.7. The summed E-state index contributed by atoms with van der Waals surface area (Å²) in [6, 6.07) is 10.7. The van der Waals surface area contributed by atoms with Crippen LogP contribution in [0, 0.1) is 6.92 Å².